The van der Waals surface area contributed by atoms with Crippen LogP contribution in [0.2, 0.25) is 0 Å². The summed E-state index contributed by atoms with van der Waals surface area (Å²) in [6, 6.07) is 8.89. The number of alkyl halides is 3. The monoisotopic (exact) mass is 283 g/mol. The van der Waals surface area contributed by atoms with Crippen molar-refractivity contribution in [3.63, 3.8) is 0 Å². The van der Waals surface area contributed by atoms with Crippen LogP contribution in [-0.4, -0.2) is 10.2 Å². The van der Waals surface area contributed by atoms with E-state index in [0.717, 1.165) is 18.2 Å². The summed E-state index contributed by atoms with van der Waals surface area (Å²) in [6.45, 7) is 0.127. The fourth-order valence-electron chi connectivity index (χ4n) is 1.72. The third-order valence-corrected chi connectivity index (χ3v) is 2.72. The zero-order valence-electron chi connectivity index (χ0n) is 10.3. The average Bonchev–Trinajstić information content (AvgIpc) is 2.37. The minimum Gasteiger partial charge on any atom is -0.508 e. The number of phenolic OH excluding ortho intramolecular Hbond substituents is 2. The van der Waals surface area contributed by atoms with Crippen molar-refractivity contribution in [1.29, 1.82) is 0 Å². The zero-order valence-corrected chi connectivity index (χ0v) is 10.3. The summed E-state index contributed by atoms with van der Waals surface area (Å²) < 4.78 is 37.7. The quantitative estimate of drug-likeness (QED) is 0.594. The van der Waals surface area contributed by atoms with Crippen LogP contribution >= 0.6 is 0 Å². The molecule has 0 heterocycles. The summed E-state index contributed by atoms with van der Waals surface area (Å²) in [6.07, 6.45) is -4.38. The fraction of sp³-hybridized carbons (Fsp3) is 0.143. The Morgan fingerprint density at radius 2 is 1.75 bits per heavy atom. The standard InChI is InChI=1S/C14H12F3NO2/c15-14(16,17)10-3-1-2-9(6-10)8-18-12-5-4-11(19)7-13(12)20/h1-7,18-20H,8H2. The van der Waals surface area contributed by atoms with E-state index in [1.807, 2.05) is 0 Å². The van der Waals surface area contributed by atoms with Gasteiger partial charge < -0.3 is 15.5 Å². The maximum Gasteiger partial charge on any atom is 0.416 e. The molecular formula is C14H12F3NO2. The van der Waals surface area contributed by atoms with E-state index >= 15 is 0 Å². The Labute approximate surface area is 113 Å². The van der Waals surface area contributed by atoms with E-state index in [0.29, 0.717) is 11.3 Å². The van der Waals surface area contributed by atoms with Crippen LogP contribution in [0.25, 0.3) is 0 Å². The molecule has 0 saturated carbocycles. The second-order valence-corrected chi connectivity index (χ2v) is 4.25. The lowest BCUT2D eigenvalue weighted by molar-refractivity contribution is -0.137. The number of anilines is 1. The van der Waals surface area contributed by atoms with E-state index in [9.17, 15) is 18.3 Å². The first kappa shape index (κ1) is 14.0. The van der Waals surface area contributed by atoms with Gasteiger partial charge in [0, 0.05) is 12.6 Å². The van der Waals surface area contributed by atoms with Crippen molar-refractivity contribution in [2.45, 2.75) is 12.7 Å². The van der Waals surface area contributed by atoms with Crippen LogP contribution in [0.1, 0.15) is 11.1 Å². The lowest BCUT2D eigenvalue weighted by atomic mass is 10.1. The van der Waals surface area contributed by atoms with E-state index in [4.69, 9.17) is 5.11 Å². The number of aromatic hydroxyl groups is 2. The van der Waals surface area contributed by atoms with Crippen LogP contribution in [0.5, 0.6) is 11.5 Å². The first-order valence-electron chi connectivity index (χ1n) is 5.78. The van der Waals surface area contributed by atoms with Crippen LogP contribution in [0.3, 0.4) is 0 Å². The molecule has 3 nitrogen and oxygen atoms in total. The van der Waals surface area contributed by atoms with Gasteiger partial charge in [-0.1, -0.05) is 12.1 Å². The summed E-state index contributed by atoms with van der Waals surface area (Å²) in [5.41, 5.74) is 0.0549. The molecule has 6 heteroatoms. The molecular weight excluding hydrogens is 271 g/mol. The largest absolute Gasteiger partial charge is 0.508 e. The first-order valence-corrected chi connectivity index (χ1v) is 5.78. The summed E-state index contributed by atoms with van der Waals surface area (Å²) in [7, 11) is 0. The van der Waals surface area contributed by atoms with Crippen molar-refractivity contribution in [3.8, 4) is 11.5 Å². The van der Waals surface area contributed by atoms with Crippen molar-refractivity contribution < 1.29 is 23.4 Å². The number of halogens is 3. The highest BCUT2D eigenvalue weighted by Crippen LogP contribution is 2.30. The van der Waals surface area contributed by atoms with Gasteiger partial charge in [0.1, 0.15) is 11.5 Å². The van der Waals surface area contributed by atoms with Crippen LogP contribution in [0.4, 0.5) is 18.9 Å². The molecule has 0 amide bonds. The van der Waals surface area contributed by atoms with Crippen LogP contribution < -0.4 is 5.32 Å². The Balaban J connectivity index is 2.11. The summed E-state index contributed by atoms with van der Waals surface area (Å²) >= 11 is 0. The molecule has 20 heavy (non-hydrogen) atoms. The van der Waals surface area contributed by atoms with Crippen LogP contribution in [-0.2, 0) is 12.7 Å². The molecule has 0 saturated heterocycles. The van der Waals surface area contributed by atoms with Gasteiger partial charge in [0.25, 0.3) is 0 Å². The molecule has 0 aromatic heterocycles. The molecule has 2 rings (SSSR count). The molecule has 2 aromatic carbocycles. The highest BCUT2D eigenvalue weighted by Gasteiger charge is 2.30. The molecule has 2 aromatic rings. The molecule has 3 N–H and O–H groups in total. The van der Waals surface area contributed by atoms with Gasteiger partial charge in [-0.05, 0) is 29.8 Å². The van der Waals surface area contributed by atoms with Crippen molar-refractivity contribution >= 4 is 5.69 Å². The number of hydrogen-bond donors (Lipinski definition) is 3. The molecule has 0 radical (unpaired) electrons. The topological polar surface area (TPSA) is 52.5 Å². The molecule has 0 aliphatic carbocycles. The third-order valence-electron chi connectivity index (χ3n) is 2.72. The van der Waals surface area contributed by atoms with E-state index in [1.54, 1.807) is 6.07 Å². The molecule has 0 atom stereocenters. The number of benzene rings is 2. The number of nitrogens with one attached hydrogen (secondary N) is 1. The lowest BCUT2D eigenvalue weighted by Crippen LogP contribution is -2.06. The molecule has 0 unspecified atom stereocenters. The van der Waals surface area contributed by atoms with Gasteiger partial charge in [0.05, 0.1) is 11.3 Å². The fourth-order valence-corrected chi connectivity index (χ4v) is 1.72. The smallest absolute Gasteiger partial charge is 0.416 e. The summed E-state index contributed by atoms with van der Waals surface area (Å²) in [5.74, 6) is -0.260. The van der Waals surface area contributed by atoms with Gasteiger partial charge in [-0.25, -0.2) is 0 Å². The van der Waals surface area contributed by atoms with Crippen molar-refractivity contribution in [2.24, 2.45) is 0 Å². The van der Waals surface area contributed by atoms with Gasteiger partial charge in [-0.3, -0.25) is 0 Å². The van der Waals surface area contributed by atoms with E-state index in [-0.39, 0.29) is 18.0 Å². The van der Waals surface area contributed by atoms with Gasteiger partial charge >= 0.3 is 6.18 Å². The minimum atomic E-state index is -4.38. The van der Waals surface area contributed by atoms with Crippen LogP contribution in [0, 0.1) is 0 Å². The van der Waals surface area contributed by atoms with E-state index in [2.05, 4.69) is 5.32 Å². The van der Waals surface area contributed by atoms with E-state index in [1.165, 1.54) is 18.2 Å². The maximum absolute atomic E-state index is 12.6. The number of rotatable bonds is 3. The highest BCUT2D eigenvalue weighted by molar-refractivity contribution is 5.58. The van der Waals surface area contributed by atoms with Gasteiger partial charge in [0.15, 0.2) is 0 Å². The van der Waals surface area contributed by atoms with Crippen LogP contribution in [0.15, 0.2) is 42.5 Å². The Morgan fingerprint density at radius 3 is 2.40 bits per heavy atom. The lowest BCUT2D eigenvalue weighted by Gasteiger charge is -2.11. The van der Waals surface area contributed by atoms with Crippen molar-refractivity contribution in [2.75, 3.05) is 5.32 Å². The second-order valence-electron chi connectivity index (χ2n) is 4.25. The van der Waals surface area contributed by atoms with Gasteiger partial charge in [0.2, 0.25) is 0 Å². The SMILES string of the molecule is Oc1ccc(NCc2cccc(C(F)(F)F)c2)c(O)c1. The minimum absolute atomic E-state index is 0.0906. The third kappa shape index (κ3) is 3.34. The molecule has 106 valence electrons. The Kier molecular flexibility index (Phi) is 3.74. The van der Waals surface area contributed by atoms with Gasteiger partial charge in [-0.2, -0.15) is 13.2 Å². The Morgan fingerprint density at radius 1 is 1.00 bits per heavy atom. The highest BCUT2D eigenvalue weighted by atomic mass is 19.4. The zero-order chi connectivity index (χ0) is 14.8. The molecule has 0 bridgehead atoms. The molecule has 0 spiro atoms. The van der Waals surface area contributed by atoms with E-state index < -0.39 is 11.7 Å². The number of phenols is 2. The van der Waals surface area contributed by atoms with Crippen molar-refractivity contribution in [3.05, 3.63) is 53.6 Å². The normalized spacial score (nSPS) is 11.3. The average molecular weight is 283 g/mol. The Hall–Kier alpha value is -2.37. The second kappa shape index (κ2) is 5.32. The molecule has 0 aliphatic heterocycles. The predicted octanol–water partition coefficient (Wildman–Crippen LogP) is 3.73. The molecule has 0 aliphatic rings. The van der Waals surface area contributed by atoms with Gasteiger partial charge in [-0.15, -0.1) is 0 Å². The maximum atomic E-state index is 12.6. The molecule has 0 fully saturated rings. The summed E-state index contributed by atoms with van der Waals surface area (Å²) in [5, 5.41) is 21.5. The number of hydrogen-bond acceptors (Lipinski definition) is 3. The van der Waals surface area contributed by atoms with Crippen molar-refractivity contribution in [1.82, 2.24) is 0 Å². The predicted molar refractivity (Wildman–Crippen MR) is 68.5 cm³/mol. The summed E-state index contributed by atoms with van der Waals surface area (Å²) in [4.78, 5) is 0. The first-order chi connectivity index (χ1) is 9.36. The Bertz CT molecular complexity index is 612.